The molecule has 5 heteroatoms. The van der Waals surface area contributed by atoms with Gasteiger partial charge in [-0.2, -0.15) is 0 Å². The Morgan fingerprint density at radius 2 is 2.00 bits per heavy atom. The molecule has 1 heterocycles. The molecule has 0 bridgehead atoms. The topological polar surface area (TPSA) is 66.8 Å². The van der Waals surface area contributed by atoms with Gasteiger partial charge in [-0.15, -0.1) is 0 Å². The Bertz CT molecular complexity index is 508. The minimum Gasteiger partial charge on any atom is -0.480 e. The number of hydrogen-bond donors (Lipinski definition) is 1. The Morgan fingerprint density at radius 1 is 1.37 bits per heavy atom. The zero-order valence-electron chi connectivity index (χ0n) is 11.0. The van der Waals surface area contributed by atoms with Crippen LogP contribution in [-0.2, 0) is 20.9 Å². The predicted octanol–water partition coefficient (Wildman–Crippen LogP) is 1.05. The van der Waals surface area contributed by atoms with Gasteiger partial charge in [0.1, 0.15) is 0 Å². The van der Waals surface area contributed by atoms with Gasteiger partial charge in [0.05, 0.1) is 13.2 Å². The molecule has 0 unspecified atom stereocenters. The highest BCUT2D eigenvalue weighted by Gasteiger charge is 2.54. The molecule has 1 amide bonds. The molecule has 1 saturated heterocycles. The van der Waals surface area contributed by atoms with Crippen LogP contribution in [0.25, 0.3) is 0 Å². The minimum absolute atomic E-state index is 0.0424. The summed E-state index contributed by atoms with van der Waals surface area (Å²) in [6, 6.07) is 7.73. The number of rotatable bonds is 4. The summed E-state index contributed by atoms with van der Waals surface area (Å²) in [6.45, 7) is 2.28. The number of carboxylic acids is 1. The van der Waals surface area contributed by atoms with Crippen molar-refractivity contribution in [1.29, 1.82) is 0 Å². The van der Waals surface area contributed by atoms with Crippen LogP contribution in [0, 0.1) is 12.3 Å². The molecule has 102 valence electrons. The molecule has 1 aliphatic rings. The second-order valence-corrected chi connectivity index (χ2v) is 4.97. The number of aliphatic carboxylic acids is 1. The molecule has 0 spiro atoms. The molecule has 1 N–H and O–H groups in total. The van der Waals surface area contributed by atoms with Crippen molar-refractivity contribution in [2.45, 2.75) is 13.5 Å². The van der Waals surface area contributed by atoms with Crippen LogP contribution in [0.5, 0.6) is 0 Å². The lowest BCUT2D eigenvalue weighted by atomic mass is 9.84. The minimum atomic E-state index is -1.39. The smallest absolute Gasteiger partial charge is 0.324 e. The largest absolute Gasteiger partial charge is 0.480 e. The first-order chi connectivity index (χ1) is 8.97. The van der Waals surface area contributed by atoms with Gasteiger partial charge in [-0.05, 0) is 18.1 Å². The highest BCUT2D eigenvalue weighted by atomic mass is 16.5. The first-order valence-corrected chi connectivity index (χ1v) is 6.08. The van der Waals surface area contributed by atoms with Gasteiger partial charge >= 0.3 is 5.97 Å². The number of amides is 1. The Balaban J connectivity index is 2.12. The van der Waals surface area contributed by atoms with Crippen LogP contribution in [0.3, 0.4) is 0 Å². The summed E-state index contributed by atoms with van der Waals surface area (Å²) in [5.74, 6) is -1.50. The van der Waals surface area contributed by atoms with Crippen LogP contribution in [0.1, 0.15) is 11.1 Å². The van der Waals surface area contributed by atoms with Crippen molar-refractivity contribution < 1.29 is 19.4 Å². The Kier molecular flexibility index (Phi) is 3.57. The normalized spacial score (nSPS) is 16.5. The Hall–Kier alpha value is -1.88. The van der Waals surface area contributed by atoms with Gasteiger partial charge in [-0.1, -0.05) is 24.3 Å². The van der Waals surface area contributed by atoms with E-state index < -0.39 is 17.3 Å². The van der Waals surface area contributed by atoms with E-state index in [1.54, 1.807) is 7.05 Å². The Labute approximate surface area is 111 Å². The summed E-state index contributed by atoms with van der Waals surface area (Å²) in [5.41, 5.74) is 0.702. The van der Waals surface area contributed by atoms with E-state index in [1.807, 2.05) is 31.2 Å². The number of aryl methyl sites for hydroxylation is 1. The summed E-state index contributed by atoms with van der Waals surface area (Å²) < 4.78 is 4.92. The van der Waals surface area contributed by atoms with Crippen molar-refractivity contribution in [3.05, 3.63) is 35.4 Å². The summed E-state index contributed by atoms with van der Waals surface area (Å²) >= 11 is 0. The van der Waals surface area contributed by atoms with E-state index >= 15 is 0 Å². The molecule has 19 heavy (non-hydrogen) atoms. The Morgan fingerprint density at radius 3 is 2.47 bits per heavy atom. The van der Waals surface area contributed by atoms with Crippen LogP contribution in [0.2, 0.25) is 0 Å². The fraction of sp³-hybridized carbons (Fsp3) is 0.429. The lowest BCUT2D eigenvalue weighted by molar-refractivity contribution is -0.190. The number of carbonyl (C=O) groups excluding carboxylic acids is 1. The highest BCUT2D eigenvalue weighted by molar-refractivity contribution is 6.03. The first kappa shape index (κ1) is 13.5. The van der Waals surface area contributed by atoms with Crippen LogP contribution >= 0.6 is 0 Å². The van der Waals surface area contributed by atoms with E-state index in [-0.39, 0.29) is 13.2 Å². The predicted molar refractivity (Wildman–Crippen MR) is 68.5 cm³/mol. The van der Waals surface area contributed by atoms with Crippen molar-refractivity contribution in [2.75, 3.05) is 20.3 Å². The number of carbonyl (C=O) groups is 2. The fourth-order valence-electron chi connectivity index (χ4n) is 2.12. The molecule has 0 aromatic heterocycles. The van der Waals surface area contributed by atoms with Gasteiger partial charge in [0.15, 0.2) is 5.41 Å². The monoisotopic (exact) mass is 263 g/mol. The molecule has 1 aromatic carbocycles. The fourth-order valence-corrected chi connectivity index (χ4v) is 2.12. The number of benzene rings is 1. The van der Waals surface area contributed by atoms with Gasteiger partial charge in [0, 0.05) is 13.6 Å². The average Bonchev–Trinajstić information content (AvgIpc) is 2.30. The quantitative estimate of drug-likeness (QED) is 0.825. The van der Waals surface area contributed by atoms with Crippen LogP contribution in [0.4, 0.5) is 0 Å². The number of hydrogen-bond acceptors (Lipinski definition) is 3. The molecule has 0 radical (unpaired) electrons. The van der Waals surface area contributed by atoms with E-state index in [1.165, 1.54) is 4.90 Å². The van der Waals surface area contributed by atoms with E-state index in [4.69, 9.17) is 4.74 Å². The maximum absolute atomic E-state index is 12.3. The van der Waals surface area contributed by atoms with E-state index in [2.05, 4.69) is 0 Å². The third-order valence-electron chi connectivity index (χ3n) is 3.53. The molecule has 2 rings (SSSR count). The molecule has 0 atom stereocenters. The molecule has 0 saturated carbocycles. The molecule has 1 aliphatic heterocycles. The zero-order valence-corrected chi connectivity index (χ0v) is 11.0. The number of nitrogens with zero attached hydrogens (tertiary/aromatic N) is 1. The van der Waals surface area contributed by atoms with Gasteiger partial charge in [0.25, 0.3) is 0 Å². The van der Waals surface area contributed by atoms with E-state index in [0.717, 1.165) is 11.1 Å². The van der Waals surface area contributed by atoms with E-state index in [0.29, 0.717) is 6.54 Å². The first-order valence-electron chi connectivity index (χ1n) is 6.08. The summed E-state index contributed by atoms with van der Waals surface area (Å²) in [5, 5.41) is 9.20. The van der Waals surface area contributed by atoms with Crippen molar-refractivity contribution in [1.82, 2.24) is 4.90 Å². The maximum atomic E-state index is 12.3. The van der Waals surface area contributed by atoms with Gasteiger partial charge in [-0.3, -0.25) is 9.59 Å². The average molecular weight is 263 g/mol. The third kappa shape index (κ3) is 2.33. The molecule has 5 nitrogen and oxygen atoms in total. The van der Waals surface area contributed by atoms with Gasteiger partial charge in [0.2, 0.25) is 5.91 Å². The molecular weight excluding hydrogens is 246 g/mol. The van der Waals surface area contributed by atoms with Crippen molar-refractivity contribution in [3.8, 4) is 0 Å². The summed E-state index contributed by atoms with van der Waals surface area (Å²) in [4.78, 5) is 25.0. The zero-order chi connectivity index (χ0) is 14.0. The van der Waals surface area contributed by atoms with Gasteiger partial charge in [-0.25, -0.2) is 0 Å². The van der Waals surface area contributed by atoms with E-state index in [9.17, 15) is 14.7 Å². The lowest BCUT2D eigenvalue weighted by Crippen LogP contribution is -2.59. The maximum Gasteiger partial charge on any atom is 0.324 e. The summed E-state index contributed by atoms with van der Waals surface area (Å²) in [6.07, 6.45) is 0. The number of carboxylic acid groups (broad SMARTS) is 1. The molecule has 1 aromatic rings. The highest BCUT2D eigenvalue weighted by Crippen LogP contribution is 2.30. The summed E-state index contributed by atoms with van der Waals surface area (Å²) in [7, 11) is 1.62. The lowest BCUT2D eigenvalue weighted by Gasteiger charge is -2.38. The van der Waals surface area contributed by atoms with Crippen LogP contribution in [-0.4, -0.2) is 42.1 Å². The molecule has 1 fully saturated rings. The molecular formula is C14H17NO4. The third-order valence-corrected chi connectivity index (χ3v) is 3.53. The molecule has 0 aliphatic carbocycles. The SMILES string of the molecule is Cc1ccccc1CN(C)C(=O)C1(C(=O)O)COC1. The van der Waals surface area contributed by atoms with Crippen molar-refractivity contribution >= 4 is 11.9 Å². The van der Waals surface area contributed by atoms with Gasteiger partial charge < -0.3 is 14.7 Å². The van der Waals surface area contributed by atoms with Crippen LogP contribution < -0.4 is 0 Å². The van der Waals surface area contributed by atoms with Crippen molar-refractivity contribution in [3.63, 3.8) is 0 Å². The van der Waals surface area contributed by atoms with Crippen LogP contribution in [0.15, 0.2) is 24.3 Å². The second-order valence-electron chi connectivity index (χ2n) is 4.97. The second kappa shape index (κ2) is 5.01. The standard InChI is InChI=1S/C14H17NO4/c1-10-5-3-4-6-11(10)7-15(2)12(16)14(13(17)18)8-19-9-14/h3-6H,7-9H2,1-2H3,(H,17,18). The van der Waals surface area contributed by atoms with Crippen molar-refractivity contribution in [2.24, 2.45) is 5.41 Å². The number of ether oxygens (including phenoxy) is 1.